The van der Waals surface area contributed by atoms with Gasteiger partial charge in [-0.2, -0.15) is 23.4 Å². The minimum atomic E-state index is -4.62. The van der Waals surface area contributed by atoms with E-state index in [0.29, 0.717) is 22.0 Å². The Morgan fingerprint density at radius 3 is 2.29 bits per heavy atom. The molecule has 28 heavy (non-hydrogen) atoms. The quantitative estimate of drug-likeness (QED) is 0.620. The average molecular weight is 404 g/mol. The molecule has 2 aromatic carbocycles. The summed E-state index contributed by atoms with van der Waals surface area (Å²) in [5, 5.41) is 12.0. The maximum atomic E-state index is 13.4. The monoisotopic (exact) mass is 403 g/mol. The number of anilines is 4. The Kier molecular flexibility index (Phi) is 5.38. The molecule has 0 saturated carbocycles. The van der Waals surface area contributed by atoms with E-state index in [4.69, 9.17) is 16.9 Å². The van der Waals surface area contributed by atoms with E-state index in [9.17, 15) is 13.2 Å². The lowest BCUT2D eigenvalue weighted by Crippen LogP contribution is -2.17. The summed E-state index contributed by atoms with van der Waals surface area (Å²) in [6, 6.07) is 14.7. The Morgan fingerprint density at radius 1 is 1.07 bits per heavy atom. The molecule has 5 nitrogen and oxygen atoms in total. The predicted molar refractivity (Wildman–Crippen MR) is 101 cm³/mol. The van der Waals surface area contributed by atoms with Crippen LogP contribution in [0.25, 0.3) is 0 Å². The van der Waals surface area contributed by atoms with Crippen molar-refractivity contribution >= 4 is 34.7 Å². The van der Waals surface area contributed by atoms with E-state index in [1.54, 1.807) is 55.6 Å². The molecule has 0 unspecified atom stereocenters. The van der Waals surface area contributed by atoms with Crippen molar-refractivity contribution in [3.8, 4) is 6.07 Å². The Morgan fingerprint density at radius 2 is 1.71 bits per heavy atom. The average Bonchev–Trinajstić information content (AvgIpc) is 2.68. The fourth-order valence-electron chi connectivity index (χ4n) is 2.38. The van der Waals surface area contributed by atoms with Gasteiger partial charge in [0.2, 0.25) is 5.95 Å². The lowest BCUT2D eigenvalue weighted by atomic mass is 10.2. The summed E-state index contributed by atoms with van der Waals surface area (Å²) < 4.78 is 40.1. The fourth-order valence-corrected chi connectivity index (χ4v) is 2.51. The molecule has 1 N–H and O–H groups in total. The lowest BCUT2D eigenvalue weighted by Gasteiger charge is -2.20. The lowest BCUT2D eigenvalue weighted by molar-refractivity contribution is -0.137. The molecule has 3 rings (SSSR count). The number of alkyl halides is 3. The first kappa shape index (κ1) is 19.5. The zero-order valence-corrected chi connectivity index (χ0v) is 15.3. The van der Waals surface area contributed by atoms with Gasteiger partial charge < -0.3 is 10.2 Å². The maximum Gasteiger partial charge on any atom is 0.421 e. The summed E-state index contributed by atoms with van der Waals surface area (Å²) in [5.41, 5.74) is 0.506. The summed E-state index contributed by atoms with van der Waals surface area (Å²) in [6.07, 6.45) is -3.89. The van der Waals surface area contributed by atoms with Crippen molar-refractivity contribution in [2.45, 2.75) is 6.18 Å². The molecule has 0 bridgehead atoms. The van der Waals surface area contributed by atoms with Crippen LogP contribution in [-0.2, 0) is 6.18 Å². The number of hydrogen-bond donors (Lipinski definition) is 1. The van der Waals surface area contributed by atoms with Crippen molar-refractivity contribution in [2.24, 2.45) is 0 Å². The summed E-state index contributed by atoms with van der Waals surface area (Å²) in [5.74, 6) is -0.311. The second-order valence-electron chi connectivity index (χ2n) is 5.78. The van der Waals surface area contributed by atoms with Gasteiger partial charge in [0.25, 0.3) is 0 Å². The number of nitrogens with zero attached hydrogens (tertiary/aromatic N) is 4. The third-order valence-electron chi connectivity index (χ3n) is 3.87. The van der Waals surface area contributed by atoms with Crippen LogP contribution < -0.4 is 10.2 Å². The first-order chi connectivity index (χ1) is 13.3. The SMILES string of the molecule is CN(c1ccc(C#N)cc1)c1ncc(C(F)(F)F)c(Nc2ccc(Cl)cc2)n1. The Labute approximate surface area is 164 Å². The largest absolute Gasteiger partial charge is 0.421 e. The van der Waals surface area contributed by atoms with Crippen molar-refractivity contribution in [1.29, 1.82) is 5.26 Å². The molecule has 0 aliphatic rings. The molecular formula is C19H13ClF3N5. The van der Waals surface area contributed by atoms with Crippen LogP contribution in [0, 0.1) is 11.3 Å². The second-order valence-corrected chi connectivity index (χ2v) is 6.22. The number of benzene rings is 2. The standard InChI is InChI=1S/C19H13ClF3N5/c1-28(15-8-2-12(10-24)3-9-15)18-25-11-16(19(21,22)23)17(27-18)26-14-6-4-13(20)5-7-14/h2-9,11H,1H3,(H,25,26,27). The van der Waals surface area contributed by atoms with Crippen molar-refractivity contribution in [3.63, 3.8) is 0 Å². The van der Waals surface area contributed by atoms with E-state index < -0.39 is 11.7 Å². The molecule has 0 radical (unpaired) electrons. The molecule has 0 aliphatic heterocycles. The molecular weight excluding hydrogens is 391 g/mol. The number of hydrogen-bond acceptors (Lipinski definition) is 5. The number of aromatic nitrogens is 2. The molecule has 0 spiro atoms. The van der Waals surface area contributed by atoms with E-state index >= 15 is 0 Å². The molecule has 0 aliphatic carbocycles. The third-order valence-corrected chi connectivity index (χ3v) is 4.12. The van der Waals surface area contributed by atoms with E-state index in [0.717, 1.165) is 6.20 Å². The Hall–Kier alpha value is -3.31. The highest BCUT2D eigenvalue weighted by Crippen LogP contribution is 2.36. The molecule has 3 aromatic rings. The maximum absolute atomic E-state index is 13.4. The minimum absolute atomic E-state index is 0.0640. The highest BCUT2D eigenvalue weighted by molar-refractivity contribution is 6.30. The Balaban J connectivity index is 1.98. The van der Waals surface area contributed by atoms with Crippen LogP contribution in [0.2, 0.25) is 5.02 Å². The van der Waals surface area contributed by atoms with Crippen molar-refractivity contribution in [3.05, 3.63) is 70.9 Å². The molecule has 1 aromatic heterocycles. The molecule has 0 fully saturated rings. The van der Waals surface area contributed by atoms with E-state index in [2.05, 4.69) is 15.3 Å². The van der Waals surface area contributed by atoms with Crippen LogP contribution in [-0.4, -0.2) is 17.0 Å². The van der Waals surface area contributed by atoms with Gasteiger partial charge in [0.05, 0.1) is 11.6 Å². The van der Waals surface area contributed by atoms with Gasteiger partial charge in [-0.3, -0.25) is 0 Å². The van der Waals surface area contributed by atoms with E-state index in [1.807, 2.05) is 6.07 Å². The molecule has 0 amide bonds. The first-order valence-corrected chi connectivity index (χ1v) is 8.36. The zero-order chi connectivity index (χ0) is 20.3. The minimum Gasteiger partial charge on any atom is -0.340 e. The number of rotatable bonds is 4. The van der Waals surface area contributed by atoms with Crippen LogP contribution in [0.15, 0.2) is 54.7 Å². The van der Waals surface area contributed by atoms with Crippen molar-refractivity contribution < 1.29 is 13.2 Å². The van der Waals surface area contributed by atoms with Crippen molar-refractivity contribution in [1.82, 2.24) is 9.97 Å². The molecule has 0 saturated heterocycles. The van der Waals surface area contributed by atoms with Gasteiger partial charge in [-0.05, 0) is 48.5 Å². The topological polar surface area (TPSA) is 64.8 Å². The van der Waals surface area contributed by atoms with Gasteiger partial charge in [-0.15, -0.1) is 0 Å². The van der Waals surface area contributed by atoms with Crippen LogP contribution in [0.3, 0.4) is 0 Å². The summed E-state index contributed by atoms with van der Waals surface area (Å²) >= 11 is 5.81. The normalized spacial score (nSPS) is 11.0. The summed E-state index contributed by atoms with van der Waals surface area (Å²) in [7, 11) is 1.62. The number of nitriles is 1. The van der Waals surface area contributed by atoms with Crippen LogP contribution >= 0.6 is 11.6 Å². The molecule has 0 atom stereocenters. The highest BCUT2D eigenvalue weighted by atomic mass is 35.5. The Bertz CT molecular complexity index is 1010. The number of nitrogens with one attached hydrogen (secondary N) is 1. The smallest absolute Gasteiger partial charge is 0.340 e. The van der Waals surface area contributed by atoms with Crippen LogP contribution in [0.4, 0.5) is 36.3 Å². The van der Waals surface area contributed by atoms with Gasteiger partial charge in [0.1, 0.15) is 11.4 Å². The van der Waals surface area contributed by atoms with Gasteiger partial charge in [-0.1, -0.05) is 11.6 Å². The second kappa shape index (κ2) is 7.74. The summed E-state index contributed by atoms with van der Waals surface area (Å²) in [4.78, 5) is 9.43. The highest BCUT2D eigenvalue weighted by Gasteiger charge is 2.35. The predicted octanol–water partition coefficient (Wildman–Crippen LogP) is 5.53. The first-order valence-electron chi connectivity index (χ1n) is 7.98. The van der Waals surface area contributed by atoms with Crippen LogP contribution in [0.1, 0.15) is 11.1 Å². The third kappa shape index (κ3) is 4.32. The van der Waals surface area contributed by atoms with Crippen molar-refractivity contribution in [2.75, 3.05) is 17.3 Å². The molecule has 1 heterocycles. The van der Waals surface area contributed by atoms with E-state index in [-0.39, 0.29) is 11.8 Å². The van der Waals surface area contributed by atoms with Gasteiger partial charge in [0, 0.05) is 29.6 Å². The zero-order valence-electron chi connectivity index (χ0n) is 14.5. The van der Waals surface area contributed by atoms with Gasteiger partial charge in [0.15, 0.2) is 0 Å². The fraction of sp³-hybridized carbons (Fsp3) is 0.105. The molecule has 9 heteroatoms. The van der Waals surface area contributed by atoms with Gasteiger partial charge in [-0.25, -0.2) is 4.98 Å². The summed E-state index contributed by atoms with van der Waals surface area (Å²) in [6.45, 7) is 0. The molecule has 142 valence electrons. The van der Waals surface area contributed by atoms with Gasteiger partial charge >= 0.3 is 6.18 Å². The number of halogens is 4. The van der Waals surface area contributed by atoms with Crippen LogP contribution in [0.5, 0.6) is 0 Å². The van der Waals surface area contributed by atoms with E-state index in [1.165, 1.54) is 4.90 Å².